The molecule has 7 heteroatoms. The maximum atomic E-state index is 12.8. The standard InChI is InChI=1S/C30H48O6S/c1-18-10-15-30(25(31)32)17-16-28(6)20(24(30)19(18)2)8-9-22-27(5)13-12-23(36-37(33,34)35)26(3,4)21(27)11-14-29(22,28)7/h8,18-19,21-24H,9-17H2,1-7H3,(H,31,32)(H,33,34,35)/t18-,19+,21+,22-,23+,24+,27+,28-,29-,30+/m1/s1. The Morgan fingerprint density at radius 1 is 0.946 bits per heavy atom. The highest BCUT2D eigenvalue weighted by molar-refractivity contribution is 7.80. The molecule has 4 saturated carbocycles. The maximum absolute atomic E-state index is 12.8. The molecule has 2 N–H and O–H groups in total. The Labute approximate surface area is 224 Å². The third kappa shape index (κ3) is 3.61. The molecule has 0 unspecified atom stereocenters. The van der Waals surface area contributed by atoms with Crippen molar-refractivity contribution in [2.24, 2.45) is 56.7 Å². The first-order chi connectivity index (χ1) is 16.9. The Hall–Kier alpha value is -0.920. The fourth-order valence-electron chi connectivity index (χ4n) is 11.2. The van der Waals surface area contributed by atoms with E-state index in [0.717, 1.165) is 51.4 Å². The topological polar surface area (TPSA) is 101 Å². The minimum absolute atomic E-state index is 0.0213. The largest absolute Gasteiger partial charge is 0.481 e. The molecule has 0 bridgehead atoms. The van der Waals surface area contributed by atoms with Crippen LogP contribution in [-0.2, 0) is 19.4 Å². The number of allylic oxidation sites excluding steroid dienone is 2. The van der Waals surface area contributed by atoms with Crippen LogP contribution in [0.2, 0.25) is 0 Å². The smallest absolute Gasteiger partial charge is 0.397 e. The fraction of sp³-hybridized carbons (Fsp3) is 0.900. The summed E-state index contributed by atoms with van der Waals surface area (Å²) < 4.78 is 37.9. The van der Waals surface area contributed by atoms with Gasteiger partial charge in [0.2, 0.25) is 0 Å². The highest BCUT2D eigenvalue weighted by Gasteiger charge is 2.69. The Morgan fingerprint density at radius 3 is 2.24 bits per heavy atom. The van der Waals surface area contributed by atoms with Crippen molar-refractivity contribution in [3.8, 4) is 0 Å². The molecule has 0 heterocycles. The third-order valence-corrected chi connectivity index (χ3v) is 14.1. The first-order valence-corrected chi connectivity index (χ1v) is 15.9. The summed E-state index contributed by atoms with van der Waals surface area (Å²) in [5.74, 6) is 1.11. The van der Waals surface area contributed by atoms with E-state index in [4.69, 9.17) is 4.18 Å². The van der Waals surface area contributed by atoms with Gasteiger partial charge in [0, 0.05) is 0 Å². The summed E-state index contributed by atoms with van der Waals surface area (Å²) >= 11 is 0. The second kappa shape index (κ2) is 8.30. The van der Waals surface area contributed by atoms with Crippen molar-refractivity contribution >= 4 is 16.4 Å². The Morgan fingerprint density at radius 2 is 1.62 bits per heavy atom. The van der Waals surface area contributed by atoms with Crippen molar-refractivity contribution in [2.75, 3.05) is 0 Å². The van der Waals surface area contributed by atoms with Gasteiger partial charge in [-0.2, -0.15) is 8.42 Å². The molecule has 210 valence electrons. The summed E-state index contributed by atoms with van der Waals surface area (Å²) in [5, 5.41) is 10.6. The molecular weight excluding hydrogens is 488 g/mol. The molecule has 0 spiro atoms. The van der Waals surface area contributed by atoms with Gasteiger partial charge in [-0.05, 0) is 109 Å². The van der Waals surface area contributed by atoms with Crippen LogP contribution >= 0.6 is 0 Å². The quantitative estimate of drug-likeness (QED) is 0.300. The summed E-state index contributed by atoms with van der Waals surface area (Å²) in [6, 6.07) is 0. The average Bonchev–Trinajstić information content (AvgIpc) is 2.78. The van der Waals surface area contributed by atoms with E-state index < -0.39 is 27.9 Å². The minimum atomic E-state index is -4.50. The number of rotatable bonds is 3. The molecule has 6 nitrogen and oxygen atoms in total. The molecule has 0 amide bonds. The van der Waals surface area contributed by atoms with Crippen LogP contribution in [-0.4, -0.2) is 30.2 Å². The summed E-state index contributed by atoms with van der Waals surface area (Å²) in [5.41, 5.74) is 0.462. The number of fused-ring (bicyclic) bond motifs is 7. The highest BCUT2D eigenvalue weighted by Crippen LogP contribution is 2.75. The van der Waals surface area contributed by atoms with Crippen molar-refractivity contribution in [1.82, 2.24) is 0 Å². The summed E-state index contributed by atoms with van der Waals surface area (Å²) in [7, 11) is -4.50. The van der Waals surface area contributed by atoms with E-state index in [1.807, 2.05) is 0 Å². The van der Waals surface area contributed by atoms with E-state index in [-0.39, 0.29) is 33.5 Å². The van der Waals surface area contributed by atoms with E-state index in [1.165, 1.54) is 5.57 Å². The molecule has 5 rings (SSSR count). The van der Waals surface area contributed by atoms with E-state index in [1.54, 1.807) is 0 Å². The molecule has 0 aromatic carbocycles. The second-order valence-corrected chi connectivity index (χ2v) is 16.0. The Balaban J connectivity index is 1.56. The van der Waals surface area contributed by atoms with Gasteiger partial charge in [-0.1, -0.05) is 60.1 Å². The van der Waals surface area contributed by atoms with Crippen LogP contribution in [0, 0.1) is 56.7 Å². The normalized spacial score (nSPS) is 51.1. The van der Waals surface area contributed by atoms with E-state index in [0.29, 0.717) is 24.2 Å². The van der Waals surface area contributed by atoms with Crippen molar-refractivity contribution in [2.45, 2.75) is 112 Å². The number of carbonyl (C=O) groups is 1. The summed E-state index contributed by atoms with van der Waals surface area (Å²) in [4.78, 5) is 12.8. The van der Waals surface area contributed by atoms with E-state index in [9.17, 15) is 22.9 Å². The number of hydrogen-bond acceptors (Lipinski definition) is 4. The van der Waals surface area contributed by atoms with Gasteiger partial charge in [0.05, 0.1) is 11.5 Å². The zero-order chi connectivity index (χ0) is 27.4. The highest BCUT2D eigenvalue weighted by atomic mass is 32.3. The molecule has 5 aliphatic carbocycles. The molecule has 0 aliphatic heterocycles. The maximum Gasteiger partial charge on any atom is 0.397 e. The zero-order valence-electron chi connectivity index (χ0n) is 23.8. The van der Waals surface area contributed by atoms with Crippen LogP contribution in [0.15, 0.2) is 11.6 Å². The molecule has 0 aromatic rings. The lowest BCUT2D eigenvalue weighted by atomic mass is 9.33. The van der Waals surface area contributed by atoms with Crippen molar-refractivity contribution < 1.29 is 27.1 Å². The Kier molecular flexibility index (Phi) is 6.20. The van der Waals surface area contributed by atoms with Crippen LogP contribution < -0.4 is 0 Å². The summed E-state index contributed by atoms with van der Waals surface area (Å²) in [6.45, 7) is 16.2. The average molecular weight is 537 g/mol. The van der Waals surface area contributed by atoms with Crippen LogP contribution in [0.1, 0.15) is 106 Å². The van der Waals surface area contributed by atoms with Gasteiger partial charge >= 0.3 is 16.4 Å². The lowest BCUT2D eigenvalue weighted by Gasteiger charge is -2.71. The number of hydrogen-bond donors (Lipinski definition) is 2. The van der Waals surface area contributed by atoms with Gasteiger partial charge in [0.1, 0.15) is 0 Å². The summed E-state index contributed by atoms with van der Waals surface area (Å²) in [6.07, 6.45) is 9.90. The Bertz CT molecular complexity index is 1110. The molecule has 0 aromatic heterocycles. The molecule has 37 heavy (non-hydrogen) atoms. The second-order valence-electron chi connectivity index (χ2n) is 15.0. The van der Waals surface area contributed by atoms with Crippen LogP contribution in [0.5, 0.6) is 0 Å². The molecule has 0 radical (unpaired) electrons. The van der Waals surface area contributed by atoms with E-state index in [2.05, 4.69) is 54.5 Å². The van der Waals surface area contributed by atoms with Gasteiger partial charge in [0.25, 0.3) is 0 Å². The van der Waals surface area contributed by atoms with Crippen LogP contribution in [0.3, 0.4) is 0 Å². The van der Waals surface area contributed by atoms with Crippen LogP contribution in [0.4, 0.5) is 0 Å². The molecular formula is C30H48O6S. The predicted molar refractivity (Wildman–Crippen MR) is 143 cm³/mol. The van der Waals surface area contributed by atoms with Gasteiger partial charge < -0.3 is 5.11 Å². The first-order valence-electron chi connectivity index (χ1n) is 14.5. The van der Waals surface area contributed by atoms with Gasteiger partial charge in [0.15, 0.2) is 0 Å². The third-order valence-electron chi connectivity index (χ3n) is 13.6. The van der Waals surface area contributed by atoms with Crippen molar-refractivity contribution in [1.29, 1.82) is 0 Å². The lowest BCUT2D eigenvalue weighted by Crippen LogP contribution is -2.65. The first kappa shape index (κ1) is 27.6. The monoisotopic (exact) mass is 536 g/mol. The van der Waals surface area contributed by atoms with Crippen LogP contribution in [0.25, 0.3) is 0 Å². The number of carboxylic acids is 1. The number of carboxylic acid groups (broad SMARTS) is 1. The van der Waals surface area contributed by atoms with Gasteiger partial charge in [-0.25, -0.2) is 4.18 Å². The molecule has 0 saturated heterocycles. The molecule has 5 aliphatic rings. The molecule has 10 atom stereocenters. The van der Waals surface area contributed by atoms with Gasteiger partial charge in [-0.3, -0.25) is 9.35 Å². The number of aliphatic carboxylic acids is 1. The van der Waals surface area contributed by atoms with Gasteiger partial charge in [-0.15, -0.1) is 0 Å². The van der Waals surface area contributed by atoms with Crippen molar-refractivity contribution in [3.05, 3.63) is 11.6 Å². The zero-order valence-corrected chi connectivity index (χ0v) is 24.7. The minimum Gasteiger partial charge on any atom is -0.481 e. The van der Waals surface area contributed by atoms with Crippen molar-refractivity contribution in [3.63, 3.8) is 0 Å². The fourth-order valence-corrected chi connectivity index (χ4v) is 11.8. The lowest BCUT2D eigenvalue weighted by molar-refractivity contribution is -0.203. The molecule has 4 fully saturated rings. The predicted octanol–water partition coefficient (Wildman–Crippen LogP) is 6.92. The van der Waals surface area contributed by atoms with E-state index >= 15 is 0 Å². The SMILES string of the molecule is C[C@H]1[C@H](C)CC[C@]2(C(=O)O)CC[C@]3(C)C(=CC[C@@H]4[C@@]5(C)CC[C@H](OS(=O)(=O)O)C(C)(C)[C@@H]5CC[C@]43C)[C@H]12.